The van der Waals surface area contributed by atoms with Gasteiger partial charge in [-0.2, -0.15) is 18.4 Å². The molecule has 1 aliphatic rings. The molecule has 0 aromatic carbocycles. The average Bonchev–Trinajstić information content (AvgIpc) is 2.17. The third kappa shape index (κ3) is 2.50. The first-order valence-corrected chi connectivity index (χ1v) is 3.96. The Bertz CT molecular complexity index is 407. The van der Waals surface area contributed by atoms with E-state index in [0.29, 0.717) is 6.08 Å². The van der Waals surface area contributed by atoms with Crippen molar-refractivity contribution in [3.8, 4) is 12.3 Å². The van der Waals surface area contributed by atoms with Gasteiger partial charge in [0.25, 0.3) is 6.26 Å². The van der Waals surface area contributed by atoms with E-state index >= 15 is 0 Å². The van der Waals surface area contributed by atoms with Crippen molar-refractivity contribution in [3.05, 3.63) is 23.0 Å². The van der Waals surface area contributed by atoms with Gasteiger partial charge in [0.15, 0.2) is 0 Å². The number of halogens is 3. The lowest BCUT2D eigenvalue weighted by atomic mass is 9.97. The van der Waals surface area contributed by atoms with E-state index < -0.39 is 11.7 Å². The number of nitrogens with zero attached hydrogens (tertiary/aromatic N) is 2. The Labute approximate surface area is 83.7 Å². The van der Waals surface area contributed by atoms with E-state index in [1.165, 1.54) is 12.3 Å². The molecule has 0 amide bonds. The fraction of sp³-hybridized carbons (Fsp3) is 0.333. The molecule has 0 bridgehead atoms. The number of alkyl halides is 3. The fourth-order valence-electron chi connectivity index (χ4n) is 1.21. The maximum atomic E-state index is 12.4. The van der Waals surface area contributed by atoms with Crippen molar-refractivity contribution in [1.82, 2.24) is 0 Å². The standard InChI is InChI=1S/C9H5F3N2O/c10-9(11,12)8-3-7(15-5-14)2-1-6(8)4-13/h3H,1-2H2. The van der Waals surface area contributed by atoms with Gasteiger partial charge in [-0.15, -0.1) is 5.26 Å². The summed E-state index contributed by atoms with van der Waals surface area (Å²) in [5, 5.41) is 16.7. The van der Waals surface area contributed by atoms with Gasteiger partial charge in [0.05, 0.1) is 11.6 Å². The van der Waals surface area contributed by atoms with Crippen LogP contribution in [0.2, 0.25) is 0 Å². The lowest BCUT2D eigenvalue weighted by Gasteiger charge is -2.16. The van der Waals surface area contributed by atoms with Crippen LogP contribution in [0, 0.1) is 22.8 Å². The molecular formula is C9H5F3N2O. The van der Waals surface area contributed by atoms with Crippen LogP contribution in [0.4, 0.5) is 13.2 Å². The molecule has 1 rings (SSSR count). The summed E-state index contributed by atoms with van der Waals surface area (Å²) in [7, 11) is 0. The molecule has 0 radical (unpaired) electrons. The van der Waals surface area contributed by atoms with Gasteiger partial charge >= 0.3 is 6.18 Å². The molecule has 0 unspecified atom stereocenters. The highest BCUT2D eigenvalue weighted by atomic mass is 19.4. The van der Waals surface area contributed by atoms with Crippen molar-refractivity contribution < 1.29 is 17.9 Å². The van der Waals surface area contributed by atoms with Crippen LogP contribution in [-0.2, 0) is 4.74 Å². The second-order valence-electron chi connectivity index (χ2n) is 2.81. The van der Waals surface area contributed by atoms with E-state index in [0.717, 1.165) is 0 Å². The Balaban J connectivity index is 3.11. The van der Waals surface area contributed by atoms with E-state index in [4.69, 9.17) is 10.5 Å². The Kier molecular flexibility index (Phi) is 3.01. The van der Waals surface area contributed by atoms with Crippen molar-refractivity contribution in [3.63, 3.8) is 0 Å². The molecule has 3 nitrogen and oxygen atoms in total. The second kappa shape index (κ2) is 4.05. The number of allylic oxidation sites excluding steroid dienone is 4. The zero-order chi connectivity index (χ0) is 11.5. The van der Waals surface area contributed by atoms with Crippen molar-refractivity contribution in [1.29, 1.82) is 10.5 Å². The van der Waals surface area contributed by atoms with Gasteiger partial charge in [0.2, 0.25) is 0 Å². The molecule has 0 N–H and O–H groups in total. The van der Waals surface area contributed by atoms with E-state index in [1.54, 1.807) is 0 Å². The fourth-order valence-corrected chi connectivity index (χ4v) is 1.21. The molecule has 0 aromatic rings. The summed E-state index contributed by atoms with van der Waals surface area (Å²) >= 11 is 0. The largest absolute Gasteiger partial charge is 0.417 e. The molecule has 6 heteroatoms. The van der Waals surface area contributed by atoms with Gasteiger partial charge in [-0.3, -0.25) is 0 Å². The van der Waals surface area contributed by atoms with Gasteiger partial charge in [-0.25, -0.2) is 0 Å². The van der Waals surface area contributed by atoms with Crippen molar-refractivity contribution >= 4 is 0 Å². The molecule has 0 saturated carbocycles. The molecule has 0 saturated heterocycles. The van der Waals surface area contributed by atoms with Gasteiger partial charge in [0, 0.05) is 12.0 Å². The number of ether oxygens (including phenoxy) is 1. The van der Waals surface area contributed by atoms with Crippen LogP contribution in [-0.4, -0.2) is 6.18 Å². The highest BCUT2D eigenvalue weighted by Crippen LogP contribution is 2.35. The summed E-state index contributed by atoms with van der Waals surface area (Å²) < 4.78 is 41.5. The lowest BCUT2D eigenvalue weighted by Crippen LogP contribution is -2.15. The Hall–Kier alpha value is -1.95. The first-order chi connectivity index (χ1) is 6.99. The number of hydrogen-bond acceptors (Lipinski definition) is 3. The average molecular weight is 214 g/mol. The third-order valence-electron chi connectivity index (χ3n) is 1.87. The second-order valence-corrected chi connectivity index (χ2v) is 2.81. The molecule has 15 heavy (non-hydrogen) atoms. The Morgan fingerprint density at radius 2 is 1.93 bits per heavy atom. The molecule has 0 aliphatic heterocycles. The first kappa shape index (κ1) is 11.1. The minimum atomic E-state index is -4.59. The molecule has 0 fully saturated rings. The van der Waals surface area contributed by atoms with Crippen molar-refractivity contribution in [2.75, 3.05) is 0 Å². The van der Waals surface area contributed by atoms with Gasteiger partial charge < -0.3 is 4.74 Å². The SMILES string of the molecule is N#COC1=CC(C(F)(F)F)=C(C#N)CC1. The summed E-state index contributed by atoms with van der Waals surface area (Å²) in [6.45, 7) is 0. The quantitative estimate of drug-likeness (QED) is 0.630. The van der Waals surface area contributed by atoms with Crippen LogP contribution >= 0.6 is 0 Å². The van der Waals surface area contributed by atoms with Crippen LogP contribution in [0.1, 0.15) is 12.8 Å². The summed E-state index contributed by atoms with van der Waals surface area (Å²) in [5.41, 5.74) is -1.35. The minimum Gasteiger partial charge on any atom is -0.393 e. The number of nitriles is 2. The predicted octanol–water partition coefficient (Wildman–Crippen LogP) is 2.54. The molecule has 0 spiro atoms. The summed E-state index contributed by atoms with van der Waals surface area (Å²) in [5.74, 6) is -0.0659. The number of hydrogen-bond donors (Lipinski definition) is 0. The zero-order valence-electron chi connectivity index (χ0n) is 7.43. The number of rotatable bonds is 1. The maximum Gasteiger partial charge on any atom is 0.417 e. The normalized spacial score (nSPS) is 16.5. The van der Waals surface area contributed by atoms with Gasteiger partial charge in [-0.1, -0.05) is 0 Å². The van der Waals surface area contributed by atoms with Crippen molar-refractivity contribution in [2.24, 2.45) is 0 Å². The lowest BCUT2D eigenvalue weighted by molar-refractivity contribution is -0.0894. The zero-order valence-corrected chi connectivity index (χ0v) is 7.43. The van der Waals surface area contributed by atoms with E-state index in [-0.39, 0.29) is 24.2 Å². The van der Waals surface area contributed by atoms with Crippen LogP contribution in [0.3, 0.4) is 0 Å². The molecule has 0 aromatic heterocycles. The minimum absolute atomic E-state index is 0.0567. The summed E-state index contributed by atoms with van der Waals surface area (Å²) in [6, 6.07) is 1.50. The third-order valence-corrected chi connectivity index (χ3v) is 1.87. The first-order valence-electron chi connectivity index (χ1n) is 3.96. The van der Waals surface area contributed by atoms with Crippen LogP contribution in [0.25, 0.3) is 0 Å². The van der Waals surface area contributed by atoms with E-state index in [2.05, 4.69) is 4.74 Å². The van der Waals surface area contributed by atoms with E-state index in [9.17, 15) is 13.2 Å². The highest BCUT2D eigenvalue weighted by molar-refractivity contribution is 5.42. The summed E-state index contributed by atoms with van der Waals surface area (Å²) in [6.07, 6.45) is -2.51. The van der Waals surface area contributed by atoms with Gasteiger partial charge in [0.1, 0.15) is 5.76 Å². The topological polar surface area (TPSA) is 56.8 Å². The molecule has 0 heterocycles. The highest BCUT2D eigenvalue weighted by Gasteiger charge is 2.37. The van der Waals surface area contributed by atoms with Gasteiger partial charge in [-0.05, 0) is 12.5 Å². The molecule has 78 valence electrons. The monoisotopic (exact) mass is 214 g/mol. The predicted molar refractivity (Wildman–Crippen MR) is 42.7 cm³/mol. The molecule has 0 atom stereocenters. The Morgan fingerprint density at radius 1 is 1.27 bits per heavy atom. The Morgan fingerprint density at radius 3 is 2.40 bits per heavy atom. The van der Waals surface area contributed by atoms with E-state index in [1.807, 2.05) is 0 Å². The van der Waals surface area contributed by atoms with Crippen LogP contribution < -0.4 is 0 Å². The van der Waals surface area contributed by atoms with Crippen LogP contribution in [0.15, 0.2) is 23.0 Å². The summed E-state index contributed by atoms with van der Waals surface area (Å²) in [4.78, 5) is 0. The van der Waals surface area contributed by atoms with Crippen LogP contribution in [0.5, 0.6) is 0 Å². The molecule has 1 aliphatic carbocycles. The molecular weight excluding hydrogens is 209 g/mol. The van der Waals surface area contributed by atoms with Crippen molar-refractivity contribution in [2.45, 2.75) is 19.0 Å². The smallest absolute Gasteiger partial charge is 0.393 e. The maximum absolute atomic E-state index is 12.4.